The molecule has 0 amide bonds. The molecule has 0 unspecified atom stereocenters. The van der Waals surface area contributed by atoms with E-state index < -0.39 is 0 Å². The van der Waals surface area contributed by atoms with E-state index in [-0.39, 0.29) is 0 Å². The van der Waals surface area contributed by atoms with E-state index in [0.717, 1.165) is 36.0 Å². The number of benzene rings is 2. The maximum Gasteiger partial charge on any atom is 0.243 e. The monoisotopic (exact) mass is 401 g/mol. The first kappa shape index (κ1) is 20.0. The average molecular weight is 402 g/mol. The molecule has 1 aromatic heterocycles. The van der Waals surface area contributed by atoms with E-state index in [0.29, 0.717) is 0 Å². The van der Waals surface area contributed by atoms with Crippen LogP contribution in [0.25, 0.3) is 0 Å². The van der Waals surface area contributed by atoms with Crippen LogP contribution in [0.15, 0.2) is 67.3 Å². The molecule has 0 atom stereocenters. The zero-order chi connectivity index (χ0) is 18.9. The highest BCUT2D eigenvalue weighted by Crippen LogP contribution is 2.13. The summed E-state index contributed by atoms with van der Waals surface area (Å²) >= 11 is 11.9. The lowest BCUT2D eigenvalue weighted by molar-refractivity contribution is -0.696. The third-order valence-electron chi connectivity index (χ3n) is 4.84. The maximum atomic E-state index is 5.93. The quantitative estimate of drug-likeness (QED) is 0.285. The van der Waals surface area contributed by atoms with Crippen molar-refractivity contribution in [3.63, 3.8) is 0 Å². The van der Waals surface area contributed by atoms with Gasteiger partial charge in [-0.15, -0.1) is 0 Å². The van der Waals surface area contributed by atoms with Gasteiger partial charge >= 0.3 is 0 Å². The summed E-state index contributed by atoms with van der Waals surface area (Å²) < 4.78 is 4.59. The summed E-state index contributed by atoms with van der Waals surface area (Å²) in [6, 6.07) is 16.4. The first-order valence-corrected chi connectivity index (χ1v) is 10.5. The first-order chi connectivity index (χ1) is 13.2. The summed E-state index contributed by atoms with van der Waals surface area (Å²) in [6.07, 6.45) is 13.6. The van der Waals surface area contributed by atoms with Crippen LogP contribution in [-0.4, -0.2) is 4.57 Å². The second kappa shape index (κ2) is 10.5. The highest BCUT2D eigenvalue weighted by molar-refractivity contribution is 6.30. The van der Waals surface area contributed by atoms with Crippen molar-refractivity contribution < 1.29 is 4.57 Å². The number of imidazole rings is 1. The van der Waals surface area contributed by atoms with Crippen molar-refractivity contribution in [1.82, 2.24) is 4.57 Å². The minimum Gasteiger partial charge on any atom is -0.237 e. The number of aromatic nitrogens is 2. The second-order valence-electron chi connectivity index (χ2n) is 7.06. The summed E-state index contributed by atoms with van der Waals surface area (Å²) in [5.74, 6) is 0. The van der Waals surface area contributed by atoms with Crippen LogP contribution in [0.1, 0.15) is 36.8 Å². The van der Waals surface area contributed by atoms with Crippen LogP contribution in [0.3, 0.4) is 0 Å². The minimum atomic E-state index is 0.809. The SMILES string of the molecule is Clc1ccc(CCCCn2cc[n+](CCCCc3ccc(Cl)cc3)c2)cc1. The lowest BCUT2D eigenvalue weighted by Gasteiger charge is -2.01. The smallest absolute Gasteiger partial charge is 0.237 e. The molecule has 3 rings (SSSR count). The summed E-state index contributed by atoms with van der Waals surface area (Å²) in [4.78, 5) is 0. The number of aryl methyl sites for hydroxylation is 4. The van der Waals surface area contributed by atoms with E-state index in [1.54, 1.807) is 0 Å². The van der Waals surface area contributed by atoms with Crippen LogP contribution in [0, 0.1) is 0 Å². The maximum absolute atomic E-state index is 5.93. The Morgan fingerprint density at radius 3 is 1.85 bits per heavy atom. The van der Waals surface area contributed by atoms with Crippen molar-refractivity contribution in [2.75, 3.05) is 0 Å². The largest absolute Gasteiger partial charge is 0.243 e. The van der Waals surface area contributed by atoms with Gasteiger partial charge < -0.3 is 0 Å². The molecule has 2 aromatic carbocycles. The van der Waals surface area contributed by atoms with Crippen molar-refractivity contribution in [3.05, 3.63) is 88.4 Å². The van der Waals surface area contributed by atoms with Gasteiger partial charge in [0, 0.05) is 10.0 Å². The number of hydrogen-bond donors (Lipinski definition) is 0. The van der Waals surface area contributed by atoms with Crippen LogP contribution in [-0.2, 0) is 25.9 Å². The molecule has 3 aromatic rings. The van der Waals surface area contributed by atoms with E-state index in [4.69, 9.17) is 23.2 Å². The van der Waals surface area contributed by atoms with Crippen molar-refractivity contribution >= 4 is 23.2 Å². The number of nitrogens with zero attached hydrogens (tertiary/aromatic N) is 2. The summed E-state index contributed by atoms with van der Waals surface area (Å²) in [7, 11) is 0. The Morgan fingerprint density at radius 2 is 1.26 bits per heavy atom. The highest BCUT2D eigenvalue weighted by atomic mass is 35.5. The van der Waals surface area contributed by atoms with E-state index in [1.165, 1.54) is 36.8 Å². The van der Waals surface area contributed by atoms with Gasteiger partial charge in [0.25, 0.3) is 0 Å². The lowest BCUT2D eigenvalue weighted by atomic mass is 10.1. The van der Waals surface area contributed by atoms with Crippen molar-refractivity contribution in [1.29, 1.82) is 0 Å². The molecular formula is C23H27Cl2N2+. The van der Waals surface area contributed by atoms with Gasteiger partial charge in [-0.05, 0) is 73.9 Å². The van der Waals surface area contributed by atoms with Gasteiger partial charge in [-0.3, -0.25) is 0 Å². The third kappa shape index (κ3) is 7.04. The number of unbranched alkanes of at least 4 members (excludes halogenated alkanes) is 2. The molecule has 0 bridgehead atoms. The van der Waals surface area contributed by atoms with Crippen molar-refractivity contribution in [3.8, 4) is 0 Å². The van der Waals surface area contributed by atoms with E-state index in [9.17, 15) is 0 Å². The van der Waals surface area contributed by atoms with Crippen LogP contribution in [0.4, 0.5) is 0 Å². The van der Waals surface area contributed by atoms with Gasteiger partial charge in [-0.1, -0.05) is 47.5 Å². The summed E-state index contributed by atoms with van der Waals surface area (Å²) in [5.41, 5.74) is 2.73. The predicted molar refractivity (Wildman–Crippen MR) is 113 cm³/mol. The molecule has 0 spiro atoms. The average Bonchev–Trinajstić information content (AvgIpc) is 3.13. The van der Waals surface area contributed by atoms with E-state index in [2.05, 4.69) is 52.1 Å². The van der Waals surface area contributed by atoms with Crippen molar-refractivity contribution in [2.24, 2.45) is 0 Å². The number of halogens is 2. The Morgan fingerprint density at radius 1 is 0.704 bits per heavy atom. The molecule has 2 nitrogen and oxygen atoms in total. The summed E-state index contributed by atoms with van der Waals surface area (Å²) in [5, 5.41) is 1.62. The molecule has 0 aliphatic rings. The molecule has 0 saturated heterocycles. The Hall–Kier alpha value is -1.77. The molecule has 0 saturated carbocycles. The summed E-state index contributed by atoms with van der Waals surface area (Å²) in [6.45, 7) is 2.15. The second-order valence-corrected chi connectivity index (χ2v) is 7.93. The van der Waals surface area contributed by atoms with Gasteiger partial charge in [0.2, 0.25) is 6.33 Å². The molecular weight excluding hydrogens is 375 g/mol. The Balaban J connectivity index is 1.31. The fraction of sp³-hybridized carbons (Fsp3) is 0.348. The standard InChI is InChI=1S/C23H27Cl2N2/c24-22-11-7-20(8-12-22)5-1-3-15-26-17-18-27(19-26)16-4-2-6-21-9-13-23(25)14-10-21/h7-14,17-19H,1-6,15-16H2/q+1. The van der Waals surface area contributed by atoms with Crippen LogP contribution in [0.2, 0.25) is 10.0 Å². The molecule has 0 N–H and O–H groups in total. The zero-order valence-electron chi connectivity index (χ0n) is 15.7. The van der Waals surface area contributed by atoms with Gasteiger partial charge in [0.15, 0.2) is 0 Å². The van der Waals surface area contributed by atoms with Gasteiger partial charge in [0.05, 0.1) is 13.1 Å². The van der Waals surface area contributed by atoms with Crippen LogP contribution in [0.5, 0.6) is 0 Å². The predicted octanol–water partition coefficient (Wildman–Crippen LogP) is 6.13. The number of rotatable bonds is 10. The fourth-order valence-electron chi connectivity index (χ4n) is 3.25. The number of hydrogen-bond acceptors (Lipinski definition) is 0. The van der Waals surface area contributed by atoms with Crippen molar-refractivity contribution in [2.45, 2.75) is 51.6 Å². The molecule has 0 aliphatic carbocycles. The molecule has 0 fully saturated rings. The Kier molecular flexibility index (Phi) is 7.79. The van der Waals surface area contributed by atoms with Crippen LogP contribution < -0.4 is 4.57 Å². The normalized spacial score (nSPS) is 11.0. The van der Waals surface area contributed by atoms with Crippen LogP contribution >= 0.6 is 23.2 Å². The molecule has 27 heavy (non-hydrogen) atoms. The third-order valence-corrected chi connectivity index (χ3v) is 5.34. The Bertz CT molecular complexity index is 739. The van der Waals surface area contributed by atoms with E-state index in [1.807, 2.05) is 24.3 Å². The van der Waals surface area contributed by atoms with E-state index >= 15 is 0 Å². The minimum absolute atomic E-state index is 0.809. The highest BCUT2D eigenvalue weighted by Gasteiger charge is 2.04. The fourth-order valence-corrected chi connectivity index (χ4v) is 3.50. The molecule has 142 valence electrons. The topological polar surface area (TPSA) is 8.81 Å². The molecule has 4 heteroatoms. The lowest BCUT2D eigenvalue weighted by Crippen LogP contribution is -2.30. The molecule has 1 heterocycles. The van der Waals surface area contributed by atoms with Gasteiger partial charge in [0.1, 0.15) is 12.4 Å². The molecule has 0 radical (unpaired) electrons. The zero-order valence-corrected chi connectivity index (χ0v) is 17.2. The Labute approximate surface area is 172 Å². The molecule has 0 aliphatic heterocycles. The van der Waals surface area contributed by atoms with Gasteiger partial charge in [-0.25, -0.2) is 9.13 Å². The van der Waals surface area contributed by atoms with Gasteiger partial charge in [-0.2, -0.15) is 0 Å². The first-order valence-electron chi connectivity index (χ1n) is 9.73.